The lowest BCUT2D eigenvalue weighted by atomic mass is 10.1. The van der Waals surface area contributed by atoms with Crippen molar-refractivity contribution >= 4 is 17.8 Å². The summed E-state index contributed by atoms with van der Waals surface area (Å²) in [7, 11) is 0. The molecule has 1 unspecified atom stereocenters. The molecule has 0 rings (SSSR count). The Morgan fingerprint density at radius 2 is 2.00 bits per heavy atom. The van der Waals surface area contributed by atoms with Gasteiger partial charge < -0.3 is 9.47 Å². The number of esters is 1. The van der Waals surface area contributed by atoms with E-state index in [2.05, 4.69) is 16.3 Å². The van der Waals surface area contributed by atoms with Gasteiger partial charge >= 0.3 is 5.97 Å². The zero-order valence-electron chi connectivity index (χ0n) is 13.2. The van der Waals surface area contributed by atoms with E-state index in [1.165, 1.54) is 6.08 Å². The number of rotatable bonds is 14. The minimum atomic E-state index is -0.897. The van der Waals surface area contributed by atoms with Crippen LogP contribution in [0.1, 0.15) is 44.9 Å². The highest BCUT2D eigenvalue weighted by Crippen LogP contribution is 2.08. The standard InChI is InChI=1S/C16H22N2O5/c1-2-3-7-14(20)8-6-11-23-16(21)15(18-13-19)9-4-5-10-22-12-17/h2,15H,1,3-11H2. The number of allylic oxidation sites excluding steroid dienone is 1. The number of carbonyl (C=O) groups excluding carboxylic acids is 3. The minimum Gasteiger partial charge on any atom is -0.464 e. The summed E-state index contributed by atoms with van der Waals surface area (Å²) in [5.41, 5.74) is 0. The highest BCUT2D eigenvalue weighted by atomic mass is 16.5. The van der Waals surface area contributed by atoms with Crippen molar-refractivity contribution in [1.82, 2.24) is 0 Å². The predicted molar refractivity (Wildman–Crippen MR) is 82.0 cm³/mol. The summed E-state index contributed by atoms with van der Waals surface area (Å²) in [5.74, 6) is -0.506. The molecule has 126 valence electrons. The molecule has 23 heavy (non-hydrogen) atoms. The monoisotopic (exact) mass is 322 g/mol. The smallest absolute Gasteiger partial charge is 0.331 e. The van der Waals surface area contributed by atoms with E-state index < -0.39 is 12.0 Å². The molecule has 0 spiro atoms. The lowest BCUT2D eigenvalue weighted by Gasteiger charge is -2.10. The van der Waals surface area contributed by atoms with Crippen molar-refractivity contribution in [3.63, 3.8) is 0 Å². The molecule has 0 saturated carbocycles. The van der Waals surface area contributed by atoms with Crippen LogP contribution in [0, 0.1) is 11.5 Å². The van der Waals surface area contributed by atoms with Gasteiger partial charge in [0.05, 0.1) is 6.61 Å². The first-order valence-electron chi connectivity index (χ1n) is 7.52. The highest BCUT2D eigenvalue weighted by Gasteiger charge is 2.18. The Kier molecular flexibility index (Phi) is 12.9. The van der Waals surface area contributed by atoms with Crippen LogP contribution < -0.4 is 0 Å². The lowest BCUT2D eigenvalue weighted by molar-refractivity contribution is -0.145. The normalized spacial score (nSPS) is 10.7. The van der Waals surface area contributed by atoms with Crippen molar-refractivity contribution in [3.8, 4) is 6.26 Å². The van der Waals surface area contributed by atoms with E-state index in [0.29, 0.717) is 44.9 Å². The van der Waals surface area contributed by atoms with E-state index in [0.717, 1.165) is 0 Å². The third-order valence-corrected chi connectivity index (χ3v) is 2.99. The van der Waals surface area contributed by atoms with Crippen molar-refractivity contribution in [1.29, 1.82) is 5.26 Å². The number of ether oxygens (including phenoxy) is 2. The van der Waals surface area contributed by atoms with Crippen LogP contribution in [0.5, 0.6) is 0 Å². The van der Waals surface area contributed by atoms with Gasteiger partial charge in [-0.15, -0.1) is 6.58 Å². The van der Waals surface area contributed by atoms with Crippen molar-refractivity contribution in [2.24, 2.45) is 4.99 Å². The topological polar surface area (TPSA) is 106 Å². The number of nitrogens with zero attached hydrogens (tertiary/aromatic N) is 2. The minimum absolute atomic E-state index is 0.0981. The van der Waals surface area contributed by atoms with Gasteiger partial charge in [0.15, 0.2) is 6.04 Å². The summed E-state index contributed by atoms with van der Waals surface area (Å²) >= 11 is 0. The first-order chi connectivity index (χ1) is 11.2. The van der Waals surface area contributed by atoms with Crippen LogP contribution in [0.4, 0.5) is 0 Å². The predicted octanol–water partition coefficient (Wildman–Crippen LogP) is 2.22. The fourth-order valence-electron chi connectivity index (χ4n) is 1.78. The zero-order valence-corrected chi connectivity index (χ0v) is 13.2. The molecule has 1 atom stereocenters. The molecule has 0 saturated heterocycles. The maximum Gasteiger partial charge on any atom is 0.331 e. The number of carbonyl (C=O) groups is 2. The van der Waals surface area contributed by atoms with E-state index in [1.54, 1.807) is 12.3 Å². The number of hydrogen-bond acceptors (Lipinski definition) is 7. The summed E-state index contributed by atoms with van der Waals surface area (Å²) in [5, 5.41) is 8.21. The molecule has 0 N–H and O–H groups in total. The van der Waals surface area contributed by atoms with E-state index in [-0.39, 0.29) is 19.0 Å². The van der Waals surface area contributed by atoms with Crippen LogP contribution in [0.15, 0.2) is 17.6 Å². The largest absolute Gasteiger partial charge is 0.464 e. The fourth-order valence-corrected chi connectivity index (χ4v) is 1.78. The third-order valence-electron chi connectivity index (χ3n) is 2.99. The first kappa shape index (κ1) is 20.6. The fraction of sp³-hybridized carbons (Fsp3) is 0.625. The molecule has 0 aromatic heterocycles. The Balaban J connectivity index is 3.97. The van der Waals surface area contributed by atoms with E-state index in [1.807, 2.05) is 0 Å². The number of unbranched alkanes of at least 4 members (excludes halogenated alkanes) is 1. The second-order valence-corrected chi connectivity index (χ2v) is 4.81. The molecule has 7 heteroatoms. The van der Waals surface area contributed by atoms with Crippen molar-refractivity contribution in [2.45, 2.75) is 51.0 Å². The Hall–Kier alpha value is -2.45. The summed E-state index contributed by atoms with van der Waals surface area (Å²) < 4.78 is 9.53. The molecule has 0 radical (unpaired) electrons. The van der Waals surface area contributed by atoms with Crippen LogP contribution in [-0.2, 0) is 23.9 Å². The Morgan fingerprint density at radius 3 is 2.65 bits per heavy atom. The van der Waals surface area contributed by atoms with Crippen LogP contribution in [-0.4, -0.2) is 37.1 Å². The molecule has 0 heterocycles. The molecule has 0 aromatic rings. The number of ketones is 1. The van der Waals surface area contributed by atoms with E-state index in [9.17, 15) is 14.4 Å². The molecular formula is C16H22N2O5. The molecule has 0 bridgehead atoms. The van der Waals surface area contributed by atoms with Gasteiger partial charge in [-0.3, -0.25) is 4.79 Å². The molecular weight excluding hydrogens is 300 g/mol. The molecule has 0 fully saturated rings. The number of nitriles is 1. The zero-order chi connectivity index (χ0) is 17.3. The SMILES string of the molecule is C=CCCC(=O)CCCOC(=O)C(CCCCOC#N)N=C=O. The van der Waals surface area contributed by atoms with Gasteiger partial charge in [-0.1, -0.05) is 6.08 Å². The van der Waals surface area contributed by atoms with Gasteiger partial charge in [0.25, 0.3) is 6.26 Å². The number of Topliss-reactive ketones (excluding diaryl/α,β-unsaturated/α-hetero) is 1. The summed E-state index contributed by atoms with van der Waals surface area (Å²) in [6.07, 6.45) is 7.92. The van der Waals surface area contributed by atoms with Gasteiger partial charge in [0.2, 0.25) is 6.08 Å². The van der Waals surface area contributed by atoms with Crippen LogP contribution in [0.2, 0.25) is 0 Å². The van der Waals surface area contributed by atoms with Gasteiger partial charge in [-0.2, -0.15) is 10.3 Å². The summed E-state index contributed by atoms with van der Waals surface area (Å²) in [4.78, 5) is 37.0. The second kappa shape index (κ2) is 14.5. The van der Waals surface area contributed by atoms with Crippen LogP contribution in [0.3, 0.4) is 0 Å². The molecule has 7 nitrogen and oxygen atoms in total. The van der Waals surface area contributed by atoms with Crippen molar-refractivity contribution in [3.05, 3.63) is 12.7 Å². The average Bonchev–Trinajstić information content (AvgIpc) is 2.55. The third kappa shape index (κ3) is 11.8. The molecule has 0 amide bonds. The van der Waals surface area contributed by atoms with E-state index in [4.69, 9.17) is 10.00 Å². The summed E-state index contributed by atoms with van der Waals surface area (Å²) in [6, 6.07) is -0.897. The number of isocyanates is 1. The molecule has 0 aliphatic rings. The van der Waals surface area contributed by atoms with Crippen LogP contribution in [0.25, 0.3) is 0 Å². The second-order valence-electron chi connectivity index (χ2n) is 4.81. The highest BCUT2D eigenvalue weighted by molar-refractivity contribution is 5.78. The first-order valence-corrected chi connectivity index (χ1v) is 7.52. The van der Waals surface area contributed by atoms with Gasteiger partial charge in [-0.05, 0) is 32.1 Å². The Bertz CT molecular complexity index is 464. The van der Waals surface area contributed by atoms with Gasteiger partial charge in [0, 0.05) is 12.8 Å². The summed E-state index contributed by atoms with van der Waals surface area (Å²) in [6.45, 7) is 3.91. The van der Waals surface area contributed by atoms with Crippen LogP contribution >= 0.6 is 0 Å². The maximum atomic E-state index is 11.8. The van der Waals surface area contributed by atoms with Crippen molar-refractivity contribution in [2.75, 3.05) is 13.2 Å². The molecule has 0 aliphatic carbocycles. The number of hydrogen-bond donors (Lipinski definition) is 0. The molecule has 0 aromatic carbocycles. The molecule has 0 aliphatic heterocycles. The quantitative estimate of drug-likeness (QED) is 0.121. The Morgan fingerprint density at radius 1 is 1.22 bits per heavy atom. The van der Waals surface area contributed by atoms with Gasteiger partial charge in [0.1, 0.15) is 12.4 Å². The maximum absolute atomic E-state index is 11.8. The lowest BCUT2D eigenvalue weighted by Crippen LogP contribution is -2.22. The Labute approximate surface area is 136 Å². The van der Waals surface area contributed by atoms with E-state index >= 15 is 0 Å². The average molecular weight is 322 g/mol. The van der Waals surface area contributed by atoms with Crippen molar-refractivity contribution < 1.29 is 23.9 Å². The van der Waals surface area contributed by atoms with Gasteiger partial charge in [-0.25, -0.2) is 9.59 Å². The number of aliphatic imine (C=N–C) groups is 1.